The van der Waals surface area contributed by atoms with Crippen LogP contribution in [0, 0.1) is 11.8 Å². The van der Waals surface area contributed by atoms with E-state index in [1.165, 1.54) is 5.56 Å². The summed E-state index contributed by atoms with van der Waals surface area (Å²) < 4.78 is 0. The number of phenols is 1. The first-order valence-electron chi connectivity index (χ1n) is 13.7. The highest BCUT2D eigenvalue weighted by Gasteiger charge is 2.39. The molecule has 1 aliphatic rings. The van der Waals surface area contributed by atoms with Gasteiger partial charge in [0.1, 0.15) is 18.1 Å². The lowest BCUT2D eigenvalue weighted by molar-refractivity contribution is -0.116. The molecule has 7 heteroatoms. The maximum Gasteiger partial charge on any atom is 0.239 e. The predicted molar refractivity (Wildman–Crippen MR) is 165 cm³/mol. The lowest BCUT2D eigenvalue weighted by atomic mass is 9.78. The summed E-state index contributed by atoms with van der Waals surface area (Å²) in [6.07, 6.45) is 2.84. The molecule has 2 atom stereocenters. The quantitative estimate of drug-likeness (QED) is 0.334. The third-order valence-corrected chi connectivity index (χ3v) is 7.42. The normalized spacial score (nSPS) is 18.7. The number of likely N-dealkylation sites (tertiary alicyclic amines) is 1. The SMILES string of the molecule is Br.CCCC1CN(CC(=O)c2cc(C(C)(C)C)c(O)c(C(C)(C)C)c2)C(=NCC(N)=O)C1Cc1ccccc1. The van der Waals surface area contributed by atoms with E-state index in [4.69, 9.17) is 5.73 Å². The van der Waals surface area contributed by atoms with Crippen LogP contribution < -0.4 is 5.73 Å². The molecular weight excluding hydrogens is 554 g/mol. The van der Waals surface area contributed by atoms with Crippen molar-refractivity contribution in [2.75, 3.05) is 19.6 Å². The molecule has 39 heavy (non-hydrogen) atoms. The van der Waals surface area contributed by atoms with Crippen molar-refractivity contribution >= 4 is 34.5 Å². The fourth-order valence-corrected chi connectivity index (χ4v) is 5.46. The Morgan fingerprint density at radius 2 is 1.59 bits per heavy atom. The Bertz CT molecular complexity index is 1140. The van der Waals surface area contributed by atoms with Gasteiger partial charge in [-0.2, -0.15) is 0 Å². The Kier molecular flexibility index (Phi) is 10.9. The summed E-state index contributed by atoms with van der Waals surface area (Å²) in [4.78, 5) is 32.2. The molecule has 1 saturated heterocycles. The molecule has 0 spiro atoms. The molecule has 2 aromatic rings. The smallest absolute Gasteiger partial charge is 0.239 e. The van der Waals surface area contributed by atoms with Crippen LogP contribution in [-0.4, -0.2) is 47.2 Å². The monoisotopic (exact) mass is 599 g/mol. The summed E-state index contributed by atoms with van der Waals surface area (Å²) in [5.41, 5.74) is 8.16. The highest BCUT2D eigenvalue weighted by atomic mass is 79.9. The van der Waals surface area contributed by atoms with Crippen LogP contribution in [0.2, 0.25) is 0 Å². The second kappa shape index (κ2) is 13.1. The van der Waals surface area contributed by atoms with Gasteiger partial charge in [0.05, 0.1) is 6.54 Å². The van der Waals surface area contributed by atoms with Gasteiger partial charge in [0, 0.05) is 29.2 Å². The number of carbonyl (C=O) groups excluding carboxylic acids is 2. The van der Waals surface area contributed by atoms with Gasteiger partial charge in [-0.3, -0.25) is 14.6 Å². The second-order valence-electron chi connectivity index (χ2n) is 12.7. The zero-order valence-electron chi connectivity index (χ0n) is 24.6. The van der Waals surface area contributed by atoms with E-state index in [2.05, 4.69) is 28.9 Å². The van der Waals surface area contributed by atoms with E-state index < -0.39 is 5.91 Å². The van der Waals surface area contributed by atoms with Gasteiger partial charge >= 0.3 is 0 Å². The van der Waals surface area contributed by atoms with E-state index in [9.17, 15) is 14.7 Å². The number of Topliss-reactive ketones (excluding diaryl/α,β-unsaturated/α-hetero) is 1. The summed E-state index contributed by atoms with van der Waals surface area (Å²) >= 11 is 0. The highest BCUT2D eigenvalue weighted by Crippen LogP contribution is 2.40. The van der Waals surface area contributed by atoms with Crippen LogP contribution in [0.5, 0.6) is 5.75 Å². The zero-order chi connectivity index (χ0) is 28.3. The number of carbonyl (C=O) groups is 2. The van der Waals surface area contributed by atoms with Gasteiger partial charge in [-0.25, -0.2) is 0 Å². The molecule has 2 unspecified atom stereocenters. The third kappa shape index (κ3) is 8.17. The van der Waals surface area contributed by atoms with Crippen molar-refractivity contribution in [3.63, 3.8) is 0 Å². The Morgan fingerprint density at radius 1 is 1.03 bits per heavy atom. The predicted octanol–water partition coefficient (Wildman–Crippen LogP) is 6.22. The third-order valence-electron chi connectivity index (χ3n) is 7.42. The maximum absolute atomic E-state index is 13.8. The van der Waals surface area contributed by atoms with Gasteiger partial charge < -0.3 is 15.7 Å². The molecule has 0 aromatic heterocycles. The van der Waals surface area contributed by atoms with Crippen molar-refractivity contribution in [1.29, 1.82) is 0 Å². The van der Waals surface area contributed by atoms with Crippen molar-refractivity contribution in [3.05, 3.63) is 64.7 Å². The average Bonchev–Trinajstić information content (AvgIpc) is 3.12. The van der Waals surface area contributed by atoms with E-state index in [0.717, 1.165) is 36.2 Å². The maximum atomic E-state index is 13.8. The molecule has 214 valence electrons. The van der Waals surface area contributed by atoms with Crippen LogP contribution in [0.3, 0.4) is 0 Å². The number of rotatable bonds is 9. The van der Waals surface area contributed by atoms with Crippen LogP contribution in [-0.2, 0) is 22.0 Å². The van der Waals surface area contributed by atoms with E-state index in [0.29, 0.717) is 18.0 Å². The molecule has 1 amide bonds. The number of hydrogen-bond acceptors (Lipinski definition) is 4. The van der Waals surface area contributed by atoms with Crippen LogP contribution in [0.15, 0.2) is 47.5 Å². The number of amidine groups is 1. The van der Waals surface area contributed by atoms with Gasteiger partial charge in [-0.15, -0.1) is 17.0 Å². The topological polar surface area (TPSA) is 96.0 Å². The molecule has 1 heterocycles. The van der Waals surface area contributed by atoms with Crippen molar-refractivity contribution in [3.8, 4) is 5.75 Å². The molecule has 3 N–H and O–H groups in total. The number of aliphatic imine (C=N–C) groups is 1. The lowest BCUT2D eigenvalue weighted by Crippen LogP contribution is -2.34. The van der Waals surface area contributed by atoms with Gasteiger partial charge in [-0.05, 0) is 47.3 Å². The minimum atomic E-state index is -0.482. The summed E-state index contributed by atoms with van der Waals surface area (Å²) in [5.74, 6) is 0.990. The van der Waals surface area contributed by atoms with Crippen LogP contribution >= 0.6 is 17.0 Å². The van der Waals surface area contributed by atoms with E-state index >= 15 is 0 Å². The first kappa shape index (κ1) is 32.5. The molecule has 0 saturated carbocycles. The number of amides is 1. The number of ketones is 1. The molecule has 0 radical (unpaired) electrons. The van der Waals surface area contributed by atoms with Crippen LogP contribution in [0.25, 0.3) is 0 Å². The summed E-state index contributed by atoms with van der Waals surface area (Å²) in [6, 6.07) is 14.0. The Labute approximate surface area is 244 Å². The standard InChI is InChI=1S/C32H45N3O3.BrH/c1-8-12-22-19-35(30(34-18-28(33)37)24(22)15-21-13-10-9-11-14-21)20-27(36)23-16-25(31(2,3)4)29(38)26(17-23)32(5,6)7;/h9-11,13-14,16-17,22,24,38H,8,12,15,18-20H2,1-7H3,(H2,33,37);1H. The fraction of sp³-hybridized carbons (Fsp3) is 0.531. The molecule has 0 aliphatic carbocycles. The first-order chi connectivity index (χ1) is 17.7. The number of aromatic hydroxyl groups is 1. The fourth-order valence-electron chi connectivity index (χ4n) is 5.46. The summed E-state index contributed by atoms with van der Waals surface area (Å²) in [5, 5.41) is 11.1. The number of primary amides is 1. The Balaban J connectivity index is 0.00000533. The molecule has 1 aliphatic heterocycles. The Morgan fingerprint density at radius 3 is 2.08 bits per heavy atom. The molecule has 1 fully saturated rings. The molecule has 2 aromatic carbocycles. The van der Waals surface area contributed by atoms with Gasteiger partial charge in [0.15, 0.2) is 5.78 Å². The number of nitrogens with zero attached hydrogens (tertiary/aromatic N) is 2. The van der Waals surface area contributed by atoms with Crippen LogP contribution in [0.4, 0.5) is 0 Å². The van der Waals surface area contributed by atoms with Crippen LogP contribution in [0.1, 0.15) is 88.4 Å². The van der Waals surface area contributed by atoms with Gasteiger partial charge in [0.25, 0.3) is 0 Å². The minimum absolute atomic E-state index is 0. The van der Waals surface area contributed by atoms with E-state index in [1.807, 2.05) is 71.9 Å². The van der Waals surface area contributed by atoms with E-state index in [-0.39, 0.29) is 58.4 Å². The van der Waals surface area contributed by atoms with Crippen molar-refractivity contribution in [1.82, 2.24) is 4.90 Å². The molecular formula is C32H46BrN3O3. The number of nitrogens with two attached hydrogens (primary N) is 1. The second-order valence-corrected chi connectivity index (χ2v) is 12.7. The van der Waals surface area contributed by atoms with Crippen molar-refractivity contribution in [2.45, 2.75) is 78.6 Å². The molecule has 3 rings (SSSR count). The lowest BCUT2D eigenvalue weighted by Gasteiger charge is -2.28. The summed E-state index contributed by atoms with van der Waals surface area (Å²) in [6.45, 7) is 15.2. The number of phenolic OH excluding ortho intramolecular Hbond substituents is 1. The van der Waals surface area contributed by atoms with Gasteiger partial charge in [0.2, 0.25) is 5.91 Å². The zero-order valence-corrected chi connectivity index (χ0v) is 26.3. The molecule has 0 bridgehead atoms. The van der Waals surface area contributed by atoms with Gasteiger partial charge in [-0.1, -0.05) is 85.2 Å². The number of hydrogen-bond donors (Lipinski definition) is 2. The van der Waals surface area contributed by atoms with Crippen molar-refractivity contribution in [2.24, 2.45) is 22.6 Å². The highest BCUT2D eigenvalue weighted by molar-refractivity contribution is 8.93. The average molecular weight is 601 g/mol. The van der Waals surface area contributed by atoms with E-state index in [1.54, 1.807) is 0 Å². The minimum Gasteiger partial charge on any atom is -0.507 e. The largest absolute Gasteiger partial charge is 0.507 e. The number of benzene rings is 2. The first-order valence-corrected chi connectivity index (χ1v) is 13.7. The van der Waals surface area contributed by atoms with Crippen molar-refractivity contribution < 1.29 is 14.7 Å². The molecule has 6 nitrogen and oxygen atoms in total. The number of halogens is 1. The summed E-state index contributed by atoms with van der Waals surface area (Å²) in [7, 11) is 0. The Hall–Kier alpha value is -2.67.